The van der Waals surface area contributed by atoms with E-state index in [0.29, 0.717) is 0 Å². The molecular weight excluding hydrogens is 183 g/mol. The second-order valence-corrected chi connectivity index (χ2v) is 3.26. The van der Waals surface area contributed by atoms with Crippen molar-refractivity contribution in [3.63, 3.8) is 0 Å². The Hall–Kier alpha value is 0.507. The maximum Gasteiger partial charge on any atom is 1.00 e. The van der Waals surface area contributed by atoms with Crippen LogP contribution in [0.1, 0.15) is 0 Å². The second kappa shape index (κ2) is 3.07. The number of carboxylic acid groups (broad SMARTS) is 1. The Labute approximate surface area is 73.1 Å². The van der Waals surface area contributed by atoms with Crippen molar-refractivity contribution in [1.29, 1.82) is 0 Å². The zero-order chi connectivity index (χ0) is 6.20. The van der Waals surface area contributed by atoms with Crippen molar-refractivity contribution in [2.24, 2.45) is 0 Å². The van der Waals surface area contributed by atoms with Gasteiger partial charge in [0.2, 0.25) is 0 Å². The van der Waals surface area contributed by atoms with Crippen molar-refractivity contribution in [3.8, 4) is 0 Å². The molecule has 5 heteroatoms. The van der Waals surface area contributed by atoms with Crippen LogP contribution >= 0.6 is 15.9 Å². The third-order valence-electron chi connectivity index (χ3n) is 1.03. The second-order valence-electron chi connectivity index (χ2n) is 1.75. The molecule has 0 aromatic heterocycles. The SMILES string of the molecule is O=C([O-])C1(Br)COC1.[Li+]. The summed E-state index contributed by atoms with van der Waals surface area (Å²) in [4.78, 5) is 10.1. The fourth-order valence-electron chi connectivity index (χ4n) is 0.399. The first kappa shape index (κ1) is 9.51. The summed E-state index contributed by atoms with van der Waals surface area (Å²) in [5.41, 5.74) is 0. The van der Waals surface area contributed by atoms with Gasteiger partial charge in [0.05, 0.1) is 19.2 Å². The number of ether oxygens (including phenoxy) is 1. The first-order chi connectivity index (χ1) is 3.65. The van der Waals surface area contributed by atoms with Crippen molar-refractivity contribution < 1.29 is 33.5 Å². The molecule has 1 heterocycles. The number of carbonyl (C=O) groups is 1. The van der Waals surface area contributed by atoms with E-state index >= 15 is 0 Å². The average Bonchev–Trinajstić information content (AvgIpc) is 1.60. The van der Waals surface area contributed by atoms with Gasteiger partial charge in [-0.1, -0.05) is 15.9 Å². The topological polar surface area (TPSA) is 49.4 Å². The third kappa shape index (κ3) is 1.71. The fourth-order valence-corrected chi connectivity index (χ4v) is 0.723. The van der Waals surface area contributed by atoms with E-state index in [-0.39, 0.29) is 32.1 Å². The van der Waals surface area contributed by atoms with E-state index < -0.39 is 10.3 Å². The van der Waals surface area contributed by atoms with Crippen LogP contribution in [0.15, 0.2) is 0 Å². The van der Waals surface area contributed by atoms with Gasteiger partial charge in [-0.15, -0.1) is 0 Å². The number of hydrogen-bond donors (Lipinski definition) is 0. The van der Waals surface area contributed by atoms with Gasteiger partial charge in [-0.3, -0.25) is 0 Å². The number of carbonyl (C=O) groups excluding carboxylic acids is 1. The molecule has 1 saturated heterocycles. The molecular formula is C4H4BrLiO3. The number of alkyl halides is 1. The summed E-state index contributed by atoms with van der Waals surface area (Å²) in [5.74, 6) is -1.09. The van der Waals surface area contributed by atoms with Crippen LogP contribution in [0, 0.1) is 0 Å². The van der Waals surface area contributed by atoms with Gasteiger partial charge in [-0.2, -0.15) is 0 Å². The Morgan fingerprint density at radius 3 is 2.11 bits per heavy atom. The van der Waals surface area contributed by atoms with E-state index in [0.717, 1.165) is 0 Å². The van der Waals surface area contributed by atoms with Crippen LogP contribution in [0.3, 0.4) is 0 Å². The van der Waals surface area contributed by atoms with Crippen molar-refractivity contribution in [2.75, 3.05) is 13.2 Å². The maximum absolute atomic E-state index is 10.1. The van der Waals surface area contributed by atoms with Gasteiger partial charge in [0.15, 0.2) is 0 Å². The van der Waals surface area contributed by atoms with Crippen molar-refractivity contribution in [1.82, 2.24) is 0 Å². The normalized spacial score (nSPS) is 21.4. The third-order valence-corrected chi connectivity index (χ3v) is 1.81. The molecule has 1 rings (SSSR count). The van der Waals surface area contributed by atoms with Crippen LogP contribution in [-0.4, -0.2) is 23.5 Å². The summed E-state index contributed by atoms with van der Waals surface area (Å²) in [7, 11) is 0. The molecule has 0 saturated carbocycles. The minimum absolute atomic E-state index is 0. The Morgan fingerprint density at radius 1 is 1.67 bits per heavy atom. The Bertz CT molecular complexity index is 123. The smallest absolute Gasteiger partial charge is 0.548 e. The van der Waals surface area contributed by atoms with E-state index in [4.69, 9.17) is 0 Å². The fraction of sp³-hybridized carbons (Fsp3) is 0.750. The molecule has 0 unspecified atom stereocenters. The first-order valence-electron chi connectivity index (χ1n) is 2.13. The quantitative estimate of drug-likeness (QED) is 0.309. The summed E-state index contributed by atoms with van der Waals surface area (Å²) >= 11 is 2.95. The van der Waals surface area contributed by atoms with Crippen LogP contribution in [0.4, 0.5) is 0 Å². The number of rotatable bonds is 1. The number of aliphatic carboxylic acids is 1. The molecule has 0 aromatic carbocycles. The molecule has 0 amide bonds. The summed E-state index contributed by atoms with van der Waals surface area (Å²) in [6.45, 7) is 0.435. The Kier molecular flexibility index (Phi) is 3.24. The zero-order valence-electron chi connectivity index (χ0n) is 5.02. The molecule has 9 heavy (non-hydrogen) atoms. The zero-order valence-corrected chi connectivity index (χ0v) is 6.60. The van der Waals surface area contributed by atoms with E-state index in [9.17, 15) is 9.90 Å². The number of carboxylic acids is 1. The van der Waals surface area contributed by atoms with Gasteiger partial charge in [-0.25, -0.2) is 0 Å². The Balaban J connectivity index is 0.000000640. The van der Waals surface area contributed by atoms with E-state index in [2.05, 4.69) is 20.7 Å². The number of hydrogen-bond acceptors (Lipinski definition) is 3. The molecule has 1 fully saturated rings. The monoisotopic (exact) mass is 186 g/mol. The van der Waals surface area contributed by atoms with Crippen LogP contribution in [-0.2, 0) is 9.53 Å². The van der Waals surface area contributed by atoms with Crippen molar-refractivity contribution in [3.05, 3.63) is 0 Å². The molecule has 0 atom stereocenters. The van der Waals surface area contributed by atoms with Gasteiger partial charge >= 0.3 is 18.9 Å². The predicted octanol–water partition coefficient (Wildman–Crippen LogP) is -4.10. The summed E-state index contributed by atoms with van der Waals surface area (Å²) in [5, 5.41) is 10.1. The van der Waals surface area contributed by atoms with Gasteiger partial charge in [0.1, 0.15) is 4.32 Å². The van der Waals surface area contributed by atoms with Gasteiger partial charge in [0.25, 0.3) is 0 Å². The molecule has 0 radical (unpaired) electrons. The molecule has 1 aliphatic rings. The standard InChI is InChI=1S/C4H5BrO3.Li/c5-4(3(6)7)1-8-2-4;/h1-2H2,(H,6,7);/q;+1/p-1. The van der Waals surface area contributed by atoms with E-state index in [1.54, 1.807) is 0 Å². The summed E-state index contributed by atoms with van der Waals surface area (Å²) in [6.07, 6.45) is 0. The largest absolute Gasteiger partial charge is 1.00 e. The van der Waals surface area contributed by atoms with E-state index in [1.165, 1.54) is 0 Å². The molecule has 0 spiro atoms. The molecule has 46 valence electrons. The number of halogens is 1. The van der Waals surface area contributed by atoms with Gasteiger partial charge < -0.3 is 14.6 Å². The molecule has 3 nitrogen and oxygen atoms in total. The van der Waals surface area contributed by atoms with E-state index in [1.807, 2.05) is 0 Å². The molecule has 0 N–H and O–H groups in total. The Morgan fingerprint density at radius 2 is 2.11 bits per heavy atom. The molecule has 1 aliphatic heterocycles. The van der Waals surface area contributed by atoms with Crippen molar-refractivity contribution in [2.45, 2.75) is 4.32 Å². The first-order valence-corrected chi connectivity index (χ1v) is 2.92. The summed E-state index contributed by atoms with van der Waals surface area (Å²) < 4.78 is 3.75. The van der Waals surface area contributed by atoms with Gasteiger partial charge in [0, 0.05) is 0 Å². The van der Waals surface area contributed by atoms with Crippen LogP contribution < -0.4 is 24.0 Å². The minimum Gasteiger partial charge on any atom is -0.548 e. The minimum atomic E-state index is -1.09. The summed E-state index contributed by atoms with van der Waals surface area (Å²) in [6, 6.07) is 0. The molecule has 0 bridgehead atoms. The van der Waals surface area contributed by atoms with Crippen LogP contribution in [0.2, 0.25) is 0 Å². The van der Waals surface area contributed by atoms with Gasteiger partial charge in [-0.05, 0) is 0 Å². The maximum atomic E-state index is 10.1. The van der Waals surface area contributed by atoms with Crippen LogP contribution in [0.25, 0.3) is 0 Å². The molecule has 0 aromatic rings. The predicted molar refractivity (Wildman–Crippen MR) is 27.5 cm³/mol. The van der Waals surface area contributed by atoms with Crippen LogP contribution in [0.5, 0.6) is 0 Å². The molecule has 0 aliphatic carbocycles. The van der Waals surface area contributed by atoms with Crippen molar-refractivity contribution >= 4 is 21.9 Å². The average molecular weight is 187 g/mol.